The Hall–Kier alpha value is -3.43. The molecule has 0 spiro atoms. The molecule has 2 aromatic carbocycles. The van der Waals surface area contributed by atoms with E-state index in [-0.39, 0.29) is 5.97 Å². The van der Waals surface area contributed by atoms with E-state index in [1.165, 1.54) is 0 Å². The second kappa shape index (κ2) is 10.5. The lowest BCUT2D eigenvalue weighted by Gasteiger charge is -2.20. The Labute approximate surface area is 208 Å². The minimum absolute atomic E-state index is 0.353. The molecule has 1 N–H and O–H groups in total. The van der Waals surface area contributed by atoms with Crippen molar-refractivity contribution in [3.8, 4) is 17.2 Å². The lowest BCUT2D eigenvalue weighted by atomic mass is 9.98. The molecule has 0 unspecified atom stereocenters. The minimum atomic E-state index is -1.20. The van der Waals surface area contributed by atoms with Crippen LogP contribution >= 0.6 is 0 Å². The molecule has 3 aromatic rings. The van der Waals surface area contributed by atoms with Crippen molar-refractivity contribution in [3.63, 3.8) is 0 Å². The summed E-state index contributed by atoms with van der Waals surface area (Å²) in [5.41, 5.74) is 2.26. The molecule has 0 radical (unpaired) electrons. The van der Waals surface area contributed by atoms with Crippen molar-refractivity contribution in [2.75, 3.05) is 0 Å². The first-order valence-electron chi connectivity index (χ1n) is 12.1. The quantitative estimate of drug-likeness (QED) is 0.406. The Morgan fingerprint density at radius 2 is 1.74 bits per heavy atom. The molecule has 1 aromatic heterocycles. The predicted octanol–water partition coefficient (Wildman–Crippen LogP) is 6.00. The van der Waals surface area contributed by atoms with Crippen LogP contribution in [0.3, 0.4) is 0 Å². The van der Waals surface area contributed by atoms with Gasteiger partial charge >= 0.3 is 5.97 Å². The third-order valence-corrected chi connectivity index (χ3v) is 5.64. The summed E-state index contributed by atoms with van der Waals surface area (Å²) in [7, 11) is 0. The van der Waals surface area contributed by atoms with Crippen LogP contribution in [0.5, 0.6) is 0 Å². The molecule has 0 fully saturated rings. The largest absolute Gasteiger partial charge is 0.456 e. The number of unbranched alkanes of at least 4 members (excludes halogenated alkanes) is 1. The summed E-state index contributed by atoms with van der Waals surface area (Å²) in [6.45, 7) is 11.5. The number of hydrogen-bond acceptors (Lipinski definition) is 5. The van der Waals surface area contributed by atoms with Crippen molar-refractivity contribution in [2.45, 2.75) is 78.6 Å². The Morgan fingerprint density at radius 1 is 1.09 bits per heavy atom. The number of carbonyl (C=O) groups is 1. The van der Waals surface area contributed by atoms with Gasteiger partial charge in [-0.15, -0.1) is 0 Å². The molecule has 0 amide bonds. The van der Waals surface area contributed by atoms with Crippen LogP contribution in [-0.4, -0.2) is 26.2 Å². The zero-order chi connectivity index (χ0) is 25.8. The fraction of sp³-hybridized carbons (Fsp3) is 0.414. The maximum absolute atomic E-state index is 12.8. The summed E-state index contributed by atoms with van der Waals surface area (Å²) in [6.07, 6.45) is 2.70. The van der Waals surface area contributed by atoms with E-state index in [2.05, 4.69) is 18.0 Å². The van der Waals surface area contributed by atoms with Crippen LogP contribution in [0.2, 0.25) is 0 Å². The monoisotopic (exact) mass is 473 g/mol. The number of aliphatic hydroxyl groups is 1. The summed E-state index contributed by atoms with van der Waals surface area (Å²) in [6, 6.07) is 17.6. The average Bonchev–Trinajstić information content (AvgIpc) is 3.14. The van der Waals surface area contributed by atoms with Gasteiger partial charge in [0.2, 0.25) is 0 Å². The molecule has 184 valence electrons. The summed E-state index contributed by atoms with van der Waals surface area (Å²) < 4.78 is 7.50. The van der Waals surface area contributed by atoms with E-state index in [9.17, 15) is 15.2 Å². The maximum atomic E-state index is 12.8. The molecule has 35 heavy (non-hydrogen) atoms. The number of ether oxygens (including phenoxy) is 1. The molecule has 3 rings (SSSR count). The number of nitriles is 1. The summed E-state index contributed by atoms with van der Waals surface area (Å²) >= 11 is 0. The lowest BCUT2D eigenvalue weighted by molar-refractivity contribution is 0.00703. The highest BCUT2D eigenvalue weighted by Crippen LogP contribution is 2.28. The highest BCUT2D eigenvalue weighted by atomic mass is 16.6. The topological polar surface area (TPSA) is 88.1 Å². The Kier molecular flexibility index (Phi) is 7.82. The van der Waals surface area contributed by atoms with Gasteiger partial charge < -0.3 is 14.4 Å². The van der Waals surface area contributed by atoms with Gasteiger partial charge in [0, 0.05) is 13.0 Å². The van der Waals surface area contributed by atoms with Crippen molar-refractivity contribution in [3.05, 3.63) is 76.9 Å². The van der Waals surface area contributed by atoms with E-state index in [0.29, 0.717) is 23.5 Å². The highest BCUT2D eigenvalue weighted by molar-refractivity contribution is 5.97. The van der Waals surface area contributed by atoms with Crippen molar-refractivity contribution >= 4 is 5.97 Å². The Morgan fingerprint density at radius 3 is 2.31 bits per heavy atom. The van der Waals surface area contributed by atoms with E-state index >= 15 is 0 Å². The van der Waals surface area contributed by atoms with Crippen LogP contribution in [-0.2, 0) is 23.3 Å². The molecule has 1 heterocycles. The molecule has 0 aliphatic carbocycles. The van der Waals surface area contributed by atoms with Crippen LogP contribution in [0.1, 0.15) is 87.5 Å². The predicted molar refractivity (Wildman–Crippen MR) is 137 cm³/mol. The van der Waals surface area contributed by atoms with Crippen LogP contribution in [0.15, 0.2) is 48.5 Å². The molecular formula is C29H35N3O3. The van der Waals surface area contributed by atoms with E-state index < -0.39 is 11.2 Å². The maximum Gasteiger partial charge on any atom is 0.339 e. The lowest BCUT2D eigenvalue weighted by Crippen LogP contribution is -2.24. The van der Waals surface area contributed by atoms with Crippen molar-refractivity contribution in [1.29, 1.82) is 5.26 Å². The second-order valence-corrected chi connectivity index (χ2v) is 10.3. The standard InChI is InChI=1S/C29H35N3O3/c1-7-8-13-25-31-26(29(5,6)34)24(18-30)32(25)19-20-14-16-21(17-15-20)22-11-9-10-12-23(22)27(33)35-28(2,3)4/h9-12,14-17,34H,7-8,13,19H2,1-6H3. The number of imidazole rings is 1. The molecule has 0 bridgehead atoms. The Bertz CT molecular complexity index is 1220. The summed E-state index contributed by atoms with van der Waals surface area (Å²) in [5, 5.41) is 20.4. The third kappa shape index (κ3) is 6.37. The van der Waals surface area contributed by atoms with Gasteiger partial charge in [0.1, 0.15) is 34.5 Å². The first-order valence-corrected chi connectivity index (χ1v) is 12.1. The fourth-order valence-electron chi connectivity index (χ4n) is 3.95. The molecule has 0 aliphatic heterocycles. The molecule has 0 aliphatic rings. The Balaban J connectivity index is 1.94. The second-order valence-electron chi connectivity index (χ2n) is 10.3. The number of benzene rings is 2. The van der Waals surface area contributed by atoms with E-state index in [1.807, 2.05) is 67.8 Å². The van der Waals surface area contributed by atoms with Crippen molar-refractivity contribution in [2.24, 2.45) is 0 Å². The zero-order valence-electron chi connectivity index (χ0n) is 21.6. The number of carbonyl (C=O) groups excluding carboxylic acids is 1. The van der Waals surface area contributed by atoms with Gasteiger partial charge in [0.25, 0.3) is 0 Å². The van der Waals surface area contributed by atoms with Gasteiger partial charge in [0.05, 0.1) is 5.56 Å². The molecule has 0 saturated carbocycles. The minimum Gasteiger partial charge on any atom is -0.456 e. The number of hydrogen-bond donors (Lipinski definition) is 1. The number of rotatable bonds is 8. The summed E-state index contributed by atoms with van der Waals surface area (Å²) in [5.74, 6) is 0.453. The van der Waals surface area contributed by atoms with Gasteiger partial charge in [-0.3, -0.25) is 0 Å². The third-order valence-electron chi connectivity index (χ3n) is 5.64. The highest BCUT2D eigenvalue weighted by Gasteiger charge is 2.28. The van der Waals surface area contributed by atoms with Gasteiger partial charge in [-0.05, 0) is 63.8 Å². The first kappa shape index (κ1) is 26.2. The number of aromatic nitrogens is 2. The smallest absolute Gasteiger partial charge is 0.339 e. The number of nitrogens with zero attached hydrogens (tertiary/aromatic N) is 3. The van der Waals surface area contributed by atoms with Crippen LogP contribution in [0, 0.1) is 11.3 Å². The SMILES string of the molecule is CCCCc1nc(C(C)(C)O)c(C#N)n1Cc1ccc(-c2ccccc2C(=O)OC(C)(C)C)cc1. The van der Waals surface area contributed by atoms with Gasteiger partial charge in [-0.2, -0.15) is 5.26 Å². The van der Waals surface area contributed by atoms with E-state index in [1.54, 1.807) is 19.9 Å². The molecule has 6 nitrogen and oxygen atoms in total. The first-order chi connectivity index (χ1) is 16.4. The molecular weight excluding hydrogens is 438 g/mol. The van der Waals surface area contributed by atoms with E-state index in [4.69, 9.17) is 4.74 Å². The number of aryl methyl sites for hydroxylation is 1. The molecule has 0 atom stereocenters. The van der Waals surface area contributed by atoms with Gasteiger partial charge in [-0.25, -0.2) is 9.78 Å². The number of esters is 1. The zero-order valence-corrected chi connectivity index (χ0v) is 21.6. The average molecular weight is 474 g/mol. The van der Waals surface area contributed by atoms with Gasteiger partial charge in [-0.1, -0.05) is 55.8 Å². The van der Waals surface area contributed by atoms with Crippen molar-refractivity contribution < 1.29 is 14.6 Å². The van der Waals surface area contributed by atoms with Crippen LogP contribution < -0.4 is 0 Å². The van der Waals surface area contributed by atoms with Crippen LogP contribution in [0.4, 0.5) is 0 Å². The fourth-order valence-corrected chi connectivity index (χ4v) is 3.95. The van der Waals surface area contributed by atoms with Crippen LogP contribution in [0.25, 0.3) is 11.1 Å². The van der Waals surface area contributed by atoms with E-state index in [0.717, 1.165) is 41.8 Å². The van der Waals surface area contributed by atoms with Gasteiger partial charge in [0.15, 0.2) is 0 Å². The van der Waals surface area contributed by atoms with Crippen molar-refractivity contribution in [1.82, 2.24) is 9.55 Å². The summed E-state index contributed by atoms with van der Waals surface area (Å²) in [4.78, 5) is 17.4. The normalized spacial score (nSPS) is 11.8. The molecule has 6 heteroatoms. The molecule has 0 saturated heterocycles.